The first-order valence-corrected chi connectivity index (χ1v) is 6.01. The van der Waals surface area contributed by atoms with Crippen molar-refractivity contribution in [2.24, 2.45) is 5.73 Å². The van der Waals surface area contributed by atoms with E-state index in [0.717, 1.165) is 0 Å². The number of amides is 1. The maximum atomic E-state index is 11.3. The second-order valence-electron chi connectivity index (χ2n) is 4.26. The zero-order valence-electron chi connectivity index (χ0n) is 11.8. The van der Waals surface area contributed by atoms with Crippen molar-refractivity contribution >= 4 is 17.8 Å². The first-order chi connectivity index (χ1) is 10.4. The minimum Gasteiger partial charge on any atom is -0.480 e. The lowest BCUT2D eigenvalue weighted by molar-refractivity contribution is -0.192. The summed E-state index contributed by atoms with van der Waals surface area (Å²) >= 11 is 0. The third kappa shape index (κ3) is 8.40. The molecule has 0 spiro atoms. The lowest BCUT2D eigenvalue weighted by Gasteiger charge is -2.14. The monoisotopic (exact) mass is 340 g/mol. The fourth-order valence-corrected chi connectivity index (χ4v) is 1.11. The lowest BCUT2D eigenvalue weighted by Crippen LogP contribution is -2.48. The van der Waals surface area contributed by atoms with Crippen molar-refractivity contribution in [3.63, 3.8) is 0 Å². The Labute approximate surface area is 127 Å². The Morgan fingerprint density at radius 2 is 1.91 bits per heavy atom. The van der Waals surface area contributed by atoms with Crippen LogP contribution in [0.15, 0.2) is 12.5 Å². The van der Waals surface area contributed by atoms with Gasteiger partial charge in [-0.2, -0.15) is 13.2 Å². The molecule has 0 aromatic carbocycles. The van der Waals surface area contributed by atoms with Crippen molar-refractivity contribution in [1.29, 1.82) is 0 Å². The van der Waals surface area contributed by atoms with E-state index in [0.29, 0.717) is 5.69 Å². The van der Waals surface area contributed by atoms with Gasteiger partial charge in [-0.25, -0.2) is 14.6 Å². The van der Waals surface area contributed by atoms with Gasteiger partial charge in [0.15, 0.2) is 0 Å². The summed E-state index contributed by atoms with van der Waals surface area (Å²) in [7, 11) is 0. The zero-order valence-corrected chi connectivity index (χ0v) is 11.8. The summed E-state index contributed by atoms with van der Waals surface area (Å²) in [6.07, 6.45) is -1.94. The van der Waals surface area contributed by atoms with Gasteiger partial charge in [0.1, 0.15) is 6.04 Å². The number of aromatic amines is 1. The summed E-state index contributed by atoms with van der Waals surface area (Å²) in [5, 5.41) is 18.4. The fourth-order valence-electron chi connectivity index (χ4n) is 1.11. The molecular formula is C11H15F3N4O5. The van der Waals surface area contributed by atoms with Crippen molar-refractivity contribution in [3.05, 3.63) is 18.2 Å². The van der Waals surface area contributed by atoms with Gasteiger partial charge in [-0.1, -0.05) is 0 Å². The van der Waals surface area contributed by atoms with Crippen LogP contribution in [0.2, 0.25) is 0 Å². The van der Waals surface area contributed by atoms with Gasteiger partial charge in [0, 0.05) is 12.6 Å². The highest BCUT2D eigenvalue weighted by molar-refractivity contribution is 5.86. The van der Waals surface area contributed by atoms with E-state index in [1.165, 1.54) is 13.3 Å². The molecule has 0 fully saturated rings. The van der Waals surface area contributed by atoms with E-state index in [-0.39, 0.29) is 6.42 Å². The van der Waals surface area contributed by atoms with Crippen LogP contribution in [-0.4, -0.2) is 56.3 Å². The number of nitrogens with zero attached hydrogens (tertiary/aromatic N) is 1. The van der Waals surface area contributed by atoms with Gasteiger partial charge < -0.3 is 26.2 Å². The predicted octanol–water partition coefficient (Wildman–Crippen LogP) is -0.498. The highest BCUT2D eigenvalue weighted by Gasteiger charge is 2.38. The van der Waals surface area contributed by atoms with E-state index in [4.69, 9.17) is 20.7 Å². The van der Waals surface area contributed by atoms with Crippen LogP contribution in [0.25, 0.3) is 0 Å². The molecule has 23 heavy (non-hydrogen) atoms. The van der Waals surface area contributed by atoms with Crippen LogP contribution in [0.5, 0.6) is 0 Å². The molecule has 9 nitrogen and oxygen atoms in total. The van der Waals surface area contributed by atoms with Crippen LogP contribution in [0.3, 0.4) is 0 Å². The van der Waals surface area contributed by atoms with Crippen molar-refractivity contribution in [2.75, 3.05) is 0 Å². The Hall–Kier alpha value is -2.63. The maximum absolute atomic E-state index is 11.3. The number of nitrogens with two attached hydrogens (primary N) is 1. The van der Waals surface area contributed by atoms with Crippen LogP contribution in [0.4, 0.5) is 13.2 Å². The van der Waals surface area contributed by atoms with Crippen LogP contribution < -0.4 is 11.1 Å². The van der Waals surface area contributed by atoms with E-state index in [1.807, 2.05) is 0 Å². The third-order valence-corrected chi connectivity index (χ3v) is 2.24. The van der Waals surface area contributed by atoms with Gasteiger partial charge in [0.05, 0.1) is 18.1 Å². The van der Waals surface area contributed by atoms with Crippen LogP contribution in [0.1, 0.15) is 12.6 Å². The van der Waals surface area contributed by atoms with Crippen molar-refractivity contribution in [3.8, 4) is 0 Å². The number of alkyl halides is 3. The lowest BCUT2D eigenvalue weighted by atomic mass is 10.1. The SMILES string of the molecule is C[C@H](N)C(=O)N[C@@H](Cc1c[nH]cn1)C(=O)O.O=C(O)C(F)(F)F. The molecule has 2 atom stereocenters. The number of rotatable bonds is 5. The minimum absolute atomic E-state index is 0.122. The van der Waals surface area contributed by atoms with E-state index in [2.05, 4.69) is 15.3 Å². The second kappa shape index (κ2) is 8.73. The van der Waals surface area contributed by atoms with Crippen molar-refractivity contribution in [1.82, 2.24) is 15.3 Å². The Kier molecular flexibility index (Phi) is 7.73. The number of aliphatic carboxylic acids is 2. The summed E-state index contributed by atoms with van der Waals surface area (Å²) in [5.74, 6) is -4.37. The van der Waals surface area contributed by atoms with Crippen LogP contribution in [0, 0.1) is 0 Å². The standard InChI is InChI=1S/C9H14N4O3.C2HF3O2/c1-5(10)8(14)13-7(9(15)16)2-6-3-11-4-12-6;3-2(4,5)1(6)7/h3-5,7H,2,10H2,1H3,(H,11,12)(H,13,14)(H,15,16);(H,6,7)/t5-,7-;/m0./s1. The highest BCUT2D eigenvalue weighted by Crippen LogP contribution is 2.13. The molecule has 1 rings (SSSR count). The molecule has 1 heterocycles. The Bertz CT molecular complexity index is 530. The van der Waals surface area contributed by atoms with E-state index >= 15 is 0 Å². The van der Waals surface area contributed by atoms with Crippen LogP contribution >= 0.6 is 0 Å². The molecule has 0 bridgehead atoms. The maximum Gasteiger partial charge on any atom is 0.490 e. The van der Waals surface area contributed by atoms with E-state index in [1.54, 1.807) is 6.20 Å². The second-order valence-corrected chi connectivity index (χ2v) is 4.26. The average molecular weight is 340 g/mol. The number of carbonyl (C=O) groups excluding carboxylic acids is 1. The van der Waals surface area contributed by atoms with Crippen LogP contribution in [-0.2, 0) is 20.8 Å². The third-order valence-electron chi connectivity index (χ3n) is 2.24. The number of hydrogen-bond acceptors (Lipinski definition) is 5. The molecule has 6 N–H and O–H groups in total. The summed E-state index contributed by atoms with van der Waals surface area (Å²) in [5.41, 5.74) is 5.90. The topological polar surface area (TPSA) is 158 Å². The molecule has 0 radical (unpaired) electrons. The molecular weight excluding hydrogens is 325 g/mol. The predicted molar refractivity (Wildman–Crippen MR) is 69.2 cm³/mol. The summed E-state index contributed by atoms with van der Waals surface area (Å²) < 4.78 is 31.7. The normalized spacial score (nSPS) is 13.3. The molecule has 1 amide bonds. The largest absolute Gasteiger partial charge is 0.490 e. The number of hydrogen-bond donors (Lipinski definition) is 5. The summed E-state index contributed by atoms with van der Waals surface area (Å²) in [6.45, 7) is 1.49. The molecule has 12 heteroatoms. The quantitative estimate of drug-likeness (QED) is 0.483. The summed E-state index contributed by atoms with van der Waals surface area (Å²) in [4.78, 5) is 37.6. The zero-order chi connectivity index (χ0) is 18.2. The average Bonchev–Trinajstić information content (AvgIpc) is 2.90. The smallest absolute Gasteiger partial charge is 0.480 e. The van der Waals surface area contributed by atoms with Crippen molar-refractivity contribution in [2.45, 2.75) is 31.6 Å². The van der Waals surface area contributed by atoms with E-state index in [9.17, 15) is 22.8 Å². The van der Waals surface area contributed by atoms with E-state index < -0.39 is 36.1 Å². The number of carboxylic acid groups (broad SMARTS) is 2. The Morgan fingerprint density at radius 3 is 2.22 bits per heavy atom. The van der Waals surface area contributed by atoms with Gasteiger partial charge in [-0.15, -0.1) is 0 Å². The Balaban J connectivity index is 0.000000585. The molecule has 0 aliphatic heterocycles. The fraction of sp³-hybridized carbons (Fsp3) is 0.455. The number of nitrogens with one attached hydrogen (secondary N) is 2. The molecule has 130 valence electrons. The first kappa shape index (κ1) is 20.4. The summed E-state index contributed by atoms with van der Waals surface area (Å²) in [6, 6.07) is -1.75. The van der Waals surface area contributed by atoms with Gasteiger partial charge >= 0.3 is 18.1 Å². The number of halogens is 3. The van der Waals surface area contributed by atoms with Gasteiger partial charge in [-0.3, -0.25) is 4.79 Å². The molecule has 0 aliphatic rings. The molecule has 0 unspecified atom stereocenters. The van der Waals surface area contributed by atoms with Gasteiger partial charge in [-0.05, 0) is 6.92 Å². The molecule has 1 aromatic heterocycles. The number of imidazole rings is 1. The van der Waals surface area contributed by atoms with Gasteiger partial charge in [0.2, 0.25) is 5.91 Å². The molecule has 1 aromatic rings. The molecule has 0 aliphatic carbocycles. The number of carboxylic acids is 2. The molecule has 0 saturated carbocycles. The number of H-pyrrole nitrogens is 1. The first-order valence-electron chi connectivity index (χ1n) is 6.01. The molecule has 0 saturated heterocycles. The minimum atomic E-state index is -5.08. The number of aromatic nitrogens is 2. The Morgan fingerprint density at radius 1 is 1.39 bits per heavy atom. The number of carbonyl (C=O) groups is 3. The van der Waals surface area contributed by atoms with Crippen molar-refractivity contribution < 1.29 is 37.8 Å². The van der Waals surface area contributed by atoms with Gasteiger partial charge in [0.25, 0.3) is 0 Å². The highest BCUT2D eigenvalue weighted by atomic mass is 19.4.